The van der Waals surface area contributed by atoms with Gasteiger partial charge in [0.05, 0.1) is 6.10 Å². The summed E-state index contributed by atoms with van der Waals surface area (Å²) in [4.78, 5) is 42.4. The molecule has 10 nitrogen and oxygen atoms in total. The Morgan fingerprint density at radius 1 is 1.37 bits per heavy atom. The summed E-state index contributed by atoms with van der Waals surface area (Å²) < 4.78 is 4.95. The molecule has 1 aromatic rings. The first-order chi connectivity index (χ1) is 13.9. The Hall–Kier alpha value is -2.62. The zero-order chi connectivity index (χ0) is 22.5. The van der Waals surface area contributed by atoms with E-state index in [0.29, 0.717) is 18.7 Å². The van der Waals surface area contributed by atoms with Crippen molar-refractivity contribution >= 4 is 18.1 Å². The summed E-state index contributed by atoms with van der Waals surface area (Å²) in [5.74, 6) is 0.0952. The fourth-order valence-electron chi connectivity index (χ4n) is 4.37. The molecule has 0 bridgehead atoms. The molecule has 1 aliphatic carbocycles. The van der Waals surface area contributed by atoms with Crippen molar-refractivity contribution < 1.29 is 19.4 Å². The number of urea groups is 1. The lowest BCUT2D eigenvalue weighted by molar-refractivity contribution is 0.0593. The Balaban J connectivity index is 1.96. The van der Waals surface area contributed by atoms with Gasteiger partial charge in [-0.2, -0.15) is 0 Å². The molecule has 0 aliphatic heterocycles. The quantitative estimate of drug-likeness (QED) is 0.472. The fourth-order valence-corrected chi connectivity index (χ4v) is 4.37. The zero-order valence-corrected chi connectivity index (χ0v) is 18.3. The second-order valence-corrected chi connectivity index (χ2v) is 9.39. The molecule has 5 N–H and O–H groups in total. The second-order valence-electron chi connectivity index (χ2n) is 9.39. The van der Waals surface area contributed by atoms with E-state index < -0.39 is 18.2 Å². The van der Waals surface area contributed by atoms with E-state index in [2.05, 4.69) is 46.7 Å². The highest BCUT2D eigenvalue weighted by Crippen LogP contribution is 2.45. The lowest BCUT2D eigenvalue weighted by atomic mass is 9.62. The van der Waals surface area contributed by atoms with Crippen LogP contribution in [0.4, 0.5) is 15.5 Å². The molecule has 2 rings (SSSR count). The number of hydrogen-bond donors (Lipinski definition) is 5. The molecule has 1 aliphatic rings. The highest BCUT2D eigenvalue weighted by atomic mass is 16.6. The van der Waals surface area contributed by atoms with Gasteiger partial charge in [-0.15, -0.1) is 0 Å². The first-order valence-corrected chi connectivity index (χ1v) is 10.1. The zero-order valence-electron chi connectivity index (χ0n) is 18.3. The van der Waals surface area contributed by atoms with Crippen molar-refractivity contribution in [1.82, 2.24) is 20.6 Å². The topological polar surface area (TPSA) is 145 Å². The Bertz CT molecular complexity index is 822. The van der Waals surface area contributed by atoms with Crippen molar-refractivity contribution in [2.24, 2.45) is 10.8 Å². The van der Waals surface area contributed by atoms with Crippen LogP contribution in [0.15, 0.2) is 10.9 Å². The van der Waals surface area contributed by atoms with E-state index in [-0.39, 0.29) is 35.0 Å². The van der Waals surface area contributed by atoms with E-state index in [0.717, 1.165) is 12.8 Å². The number of nitrogens with zero attached hydrogens (tertiary/aromatic N) is 1. The predicted molar refractivity (Wildman–Crippen MR) is 112 cm³/mol. The molecular weight excluding hydrogens is 390 g/mol. The smallest absolute Gasteiger partial charge is 0.407 e. The third kappa shape index (κ3) is 7.66. The molecule has 0 radical (unpaired) electrons. The second kappa shape index (κ2) is 9.46. The van der Waals surface area contributed by atoms with Gasteiger partial charge in [0, 0.05) is 24.3 Å². The van der Waals surface area contributed by atoms with Crippen LogP contribution in [0, 0.1) is 17.8 Å². The number of carbonyl (C=O) groups is 2. The lowest BCUT2D eigenvalue weighted by Crippen LogP contribution is -2.51. The molecule has 0 aromatic carbocycles. The van der Waals surface area contributed by atoms with Gasteiger partial charge in [-0.05, 0) is 43.9 Å². The molecule has 168 valence electrons. The predicted octanol–water partition coefficient (Wildman–Crippen LogP) is 1.89. The van der Waals surface area contributed by atoms with E-state index in [1.54, 1.807) is 13.8 Å². The van der Waals surface area contributed by atoms with Crippen LogP contribution in [0.25, 0.3) is 0 Å². The highest BCUT2D eigenvalue weighted by molar-refractivity contribution is 5.87. The first kappa shape index (κ1) is 23.7. The number of aliphatic hydroxyl groups is 1. The Kier molecular flexibility index (Phi) is 7.46. The van der Waals surface area contributed by atoms with Crippen LogP contribution in [-0.2, 0) is 4.74 Å². The summed E-state index contributed by atoms with van der Waals surface area (Å²) in [5, 5.41) is 17.5. The van der Waals surface area contributed by atoms with E-state index in [1.807, 2.05) is 0 Å². The number of H-pyrrole nitrogens is 1. The summed E-state index contributed by atoms with van der Waals surface area (Å²) in [6.45, 7) is 9.86. The molecule has 0 saturated heterocycles. The number of anilines is 1. The van der Waals surface area contributed by atoms with Crippen LogP contribution >= 0.6 is 0 Å². The van der Waals surface area contributed by atoms with Gasteiger partial charge >= 0.3 is 12.1 Å². The maximum atomic E-state index is 12.4. The van der Waals surface area contributed by atoms with Crippen LogP contribution in [0.2, 0.25) is 0 Å². The van der Waals surface area contributed by atoms with Gasteiger partial charge in [0.2, 0.25) is 5.95 Å². The number of amides is 3. The van der Waals surface area contributed by atoms with Crippen LogP contribution in [-0.4, -0.2) is 52.5 Å². The number of alkyl carbamates (subject to hydrolysis) is 1. The molecule has 1 saturated carbocycles. The third-order valence-electron chi connectivity index (χ3n) is 5.00. The van der Waals surface area contributed by atoms with Gasteiger partial charge in [-0.3, -0.25) is 15.1 Å². The van der Waals surface area contributed by atoms with Gasteiger partial charge in [-0.1, -0.05) is 20.8 Å². The Labute approximate surface area is 176 Å². The van der Waals surface area contributed by atoms with Gasteiger partial charge in [0.25, 0.3) is 5.56 Å². The van der Waals surface area contributed by atoms with Crippen molar-refractivity contribution in [3.05, 3.63) is 22.1 Å². The largest absolute Gasteiger partial charge is 0.447 e. The number of nitrogens with one attached hydrogen (secondary N) is 4. The number of aryl methyl sites for hydroxylation is 1. The minimum absolute atomic E-state index is 0.0496. The molecule has 10 heteroatoms. The number of rotatable bonds is 6. The fraction of sp³-hybridized carbons (Fsp3) is 0.700. The lowest BCUT2D eigenvalue weighted by Gasteiger charge is -2.46. The SMILES string of the molecule is Cc1cc(=O)[nH]c(NC(=O)NC2CC(C)(C)CC(C)(CNC(=O)OCC(C)O)C2)n1. The minimum atomic E-state index is -0.718. The molecule has 3 amide bonds. The molecule has 1 heterocycles. The van der Waals surface area contributed by atoms with Crippen LogP contribution in [0.3, 0.4) is 0 Å². The Morgan fingerprint density at radius 3 is 2.70 bits per heavy atom. The maximum absolute atomic E-state index is 12.4. The molecular formula is C20H33N5O5. The van der Waals surface area contributed by atoms with E-state index in [4.69, 9.17) is 4.74 Å². The summed E-state index contributed by atoms with van der Waals surface area (Å²) in [6.07, 6.45) is 1.02. The van der Waals surface area contributed by atoms with E-state index in [1.165, 1.54) is 6.07 Å². The number of hydrogen-bond acceptors (Lipinski definition) is 6. The van der Waals surface area contributed by atoms with Crippen LogP contribution < -0.4 is 21.5 Å². The number of aromatic nitrogens is 2. The van der Waals surface area contributed by atoms with Gasteiger partial charge < -0.3 is 20.5 Å². The number of aromatic amines is 1. The van der Waals surface area contributed by atoms with Crippen molar-refractivity contribution in [1.29, 1.82) is 0 Å². The summed E-state index contributed by atoms with van der Waals surface area (Å²) in [5.41, 5.74) is -0.127. The summed E-state index contributed by atoms with van der Waals surface area (Å²) in [6, 6.07) is 0.779. The van der Waals surface area contributed by atoms with Gasteiger partial charge in [0.1, 0.15) is 6.61 Å². The minimum Gasteiger partial charge on any atom is -0.447 e. The van der Waals surface area contributed by atoms with Gasteiger partial charge in [-0.25, -0.2) is 14.6 Å². The van der Waals surface area contributed by atoms with E-state index >= 15 is 0 Å². The maximum Gasteiger partial charge on any atom is 0.407 e. The monoisotopic (exact) mass is 423 g/mol. The van der Waals surface area contributed by atoms with Gasteiger partial charge in [0.15, 0.2) is 0 Å². The van der Waals surface area contributed by atoms with Crippen molar-refractivity contribution in [2.75, 3.05) is 18.5 Å². The molecule has 3 atom stereocenters. The molecule has 0 spiro atoms. The molecule has 1 aromatic heterocycles. The normalized spacial score (nSPS) is 23.9. The highest BCUT2D eigenvalue weighted by Gasteiger charge is 2.42. The number of aliphatic hydroxyl groups excluding tert-OH is 1. The molecule has 3 unspecified atom stereocenters. The summed E-state index contributed by atoms with van der Waals surface area (Å²) in [7, 11) is 0. The summed E-state index contributed by atoms with van der Waals surface area (Å²) >= 11 is 0. The Morgan fingerprint density at radius 2 is 2.07 bits per heavy atom. The molecule has 30 heavy (non-hydrogen) atoms. The van der Waals surface area contributed by atoms with Crippen LogP contribution in [0.1, 0.15) is 52.7 Å². The molecule has 1 fully saturated rings. The standard InChI is InChI=1S/C20H33N5O5/c1-12-6-15(27)24-16(22-12)25-17(28)23-14-7-19(3,4)10-20(5,8-14)11-21-18(29)30-9-13(2)26/h6,13-14,26H,7-11H2,1-5H3,(H,21,29)(H3,22,23,24,25,27,28). The average Bonchev–Trinajstić information content (AvgIpc) is 2.55. The van der Waals surface area contributed by atoms with Crippen LogP contribution in [0.5, 0.6) is 0 Å². The van der Waals surface area contributed by atoms with E-state index in [9.17, 15) is 19.5 Å². The first-order valence-electron chi connectivity index (χ1n) is 10.1. The van der Waals surface area contributed by atoms with Crippen molar-refractivity contribution in [3.63, 3.8) is 0 Å². The third-order valence-corrected chi connectivity index (χ3v) is 5.00. The average molecular weight is 424 g/mol. The number of ether oxygens (including phenoxy) is 1. The van der Waals surface area contributed by atoms with Crippen molar-refractivity contribution in [3.8, 4) is 0 Å². The number of carbonyl (C=O) groups excluding carboxylic acids is 2. The van der Waals surface area contributed by atoms with Crippen molar-refractivity contribution in [2.45, 2.75) is 66.0 Å².